The first kappa shape index (κ1) is 12.0. The summed E-state index contributed by atoms with van der Waals surface area (Å²) in [5.41, 5.74) is -1.31. The van der Waals surface area contributed by atoms with Crippen molar-refractivity contribution in [2.75, 3.05) is 0 Å². The Labute approximate surface area is 93.2 Å². The molecule has 0 amide bonds. The Kier molecular flexibility index (Phi) is 2.89. The topological polar surface area (TPSA) is 17.1 Å². The van der Waals surface area contributed by atoms with E-state index in [1.807, 2.05) is 0 Å². The predicted molar refractivity (Wildman–Crippen MR) is 47.9 cm³/mol. The van der Waals surface area contributed by atoms with Crippen LogP contribution in [0, 0.1) is 35.0 Å². The first-order valence-corrected chi connectivity index (χ1v) is 5.00. The van der Waals surface area contributed by atoms with Gasteiger partial charge in [0.05, 0.1) is 5.56 Å². The van der Waals surface area contributed by atoms with E-state index in [0.717, 1.165) is 0 Å². The number of rotatable bonds is 2. The van der Waals surface area contributed by atoms with E-state index in [0.29, 0.717) is 19.3 Å². The molecule has 0 spiro atoms. The molecule has 0 heterocycles. The molecule has 0 atom stereocenters. The van der Waals surface area contributed by atoms with Gasteiger partial charge in [-0.25, -0.2) is 22.0 Å². The molecule has 1 fully saturated rings. The Balaban J connectivity index is 2.56. The standard InChI is InChI=1S/C11H7F5O/c12-6-5(11(17)4-2-1-3-4)7(13)9(15)10(16)8(6)14/h4H,1-3H2. The number of carbonyl (C=O) groups excluding carboxylic acids is 1. The highest BCUT2D eigenvalue weighted by molar-refractivity contribution is 5.98. The van der Waals surface area contributed by atoms with E-state index in [9.17, 15) is 26.7 Å². The SMILES string of the molecule is O=C(c1c(F)c(F)c(F)c(F)c1F)C1CCC1. The van der Waals surface area contributed by atoms with Crippen molar-refractivity contribution in [2.24, 2.45) is 5.92 Å². The molecule has 1 nitrogen and oxygen atoms in total. The van der Waals surface area contributed by atoms with Crippen LogP contribution in [0.3, 0.4) is 0 Å². The number of hydrogen-bond acceptors (Lipinski definition) is 1. The molecule has 0 radical (unpaired) electrons. The van der Waals surface area contributed by atoms with Gasteiger partial charge < -0.3 is 0 Å². The molecule has 1 saturated carbocycles. The lowest BCUT2D eigenvalue weighted by molar-refractivity contribution is 0.0842. The minimum Gasteiger partial charge on any atom is -0.294 e. The fourth-order valence-electron chi connectivity index (χ4n) is 1.70. The molecular weight excluding hydrogens is 243 g/mol. The van der Waals surface area contributed by atoms with Crippen molar-refractivity contribution in [2.45, 2.75) is 19.3 Å². The van der Waals surface area contributed by atoms with Crippen molar-refractivity contribution < 1.29 is 26.7 Å². The largest absolute Gasteiger partial charge is 0.294 e. The third-order valence-electron chi connectivity index (χ3n) is 2.93. The summed E-state index contributed by atoms with van der Waals surface area (Å²) in [6.07, 6.45) is 1.54. The highest BCUT2D eigenvalue weighted by Gasteiger charge is 2.35. The lowest BCUT2D eigenvalue weighted by atomic mass is 9.79. The molecular formula is C11H7F5O. The van der Waals surface area contributed by atoms with Gasteiger partial charge in [-0.2, -0.15) is 0 Å². The number of Topliss-reactive ketones (excluding diaryl/α,β-unsaturated/α-hetero) is 1. The van der Waals surface area contributed by atoms with Gasteiger partial charge in [0.25, 0.3) is 0 Å². The van der Waals surface area contributed by atoms with Crippen LogP contribution in [0.15, 0.2) is 0 Å². The first-order chi connectivity index (χ1) is 7.95. The van der Waals surface area contributed by atoms with Crippen LogP contribution in [0.1, 0.15) is 29.6 Å². The van der Waals surface area contributed by atoms with E-state index in [-0.39, 0.29) is 0 Å². The second-order valence-electron chi connectivity index (χ2n) is 3.94. The van der Waals surface area contributed by atoms with Gasteiger partial charge in [-0.1, -0.05) is 6.42 Å². The molecule has 1 aliphatic rings. The summed E-state index contributed by atoms with van der Waals surface area (Å²) in [6, 6.07) is 0. The number of ketones is 1. The molecule has 1 aromatic carbocycles. The summed E-state index contributed by atoms with van der Waals surface area (Å²) in [6.45, 7) is 0. The minimum absolute atomic E-state index is 0.415. The fraction of sp³-hybridized carbons (Fsp3) is 0.364. The van der Waals surface area contributed by atoms with Crippen molar-refractivity contribution in [3.63, 3.8) is 0 Å². The first-order valence-electron chi connectivity index (χ1n) is 5.00. The van der Waals surface area contributed by atoms with Gasteiger partial charge in [0.15, 0.2) is 29.1 Å². The van der Waals surface area contributed by atoms with Crippen molar-refractivity contribution in [3.05, 3.63) is 34.6 Å². The van der Waals surface area contributed by atoms with Crippen molar-refractivity contribution in [1.29, 1.82) is 0 Å². The summed E-state index contributed by atoms with van der Waals surface area (Å²) in [7, 11) is 0. The van der Waals surface area contributed by atoms with Crippen LogP contribution < -0.4 is 0 Å². The summed E-state index contributed by atoms with van der Waals surface area (Å²) < 4.78 is 64.9. The van der Waals surface area contributed by atoms with Crippen LogP contribution in [0.5, 0.6) is 0 Å². The van der Waals surface area contributed by atoms with Gasteiger partial charge in [-0.15, -0.1) is 0 Å². The highest BCUT2D eigenvalue weighted by Crippen LogP contribution is 2.33. The summed E-state index contributed by atoms with van der Waals surface area (Å²) in [4.78, 5) is 11.5. The maximum atomic E-state index is 13.2. The van der Waals surface area contributed by atoms with Crippen LogP contribution in [0.4, 0.5) is 22.0 Å². The van der Waals surface area contributed by atoms with Crippen LogP contribution in [0.25, 0.3) is 0 Å². The summed E-state index contributed by atoms with van der Waals surface area (Å²) in [5, 5.41) is 0. The van der Waals surface area contributed by atoms with E-state index in [1.54, 1.807) is 0 Å². The smallest absolute Gasteiger partial charge is 0.200 e. The molecule has 1 aliphatic carbocycles. The Morgan fingerprint density at radius 1 is 0.824 bits per heavy atom. The Bertz CT molecular complexity index is 464. The number of benzene rings is 1. The predicted octanol–water partition coefficient (Wildman–Crippen LogP) is 3.36. The molecule has 0 unspecified atom stereocenters. The molecule has 0 saturated heterocycles. The van der Waals surface area contributed by atoms with E-state index in [4.69, 9.17) is 0 Å². The van der Waals surface area contributed by atoms with E-state index in [1.165, 1.54) is 0 Å². The minimum atomic E-state index is -2.25. The van der Waals surface area contributed by atoms with Crippen LogP contribution in [-0.4, -0.2) is 5.78 Å². The monoisotopic (exact) mass is 250 g/mol. The van der Waals surface area contributed by atoms with E-state index in [2.05, 4.69) is 0 Å². The molecule has 92 valence electrons. The van der Waals surface area contributed by atoms with Gasteiger partial charge >= 0.3 is 0 Å². The Morgan fingerprint density at radius 3 is 1.59 bits per heavy atom. The number of halogens is 5. The van der Waals surface area contributed by atoms with Crippen molar-refractivity contribution >= 4 is 5.78 Å². The van der Waals surface area contributed by atoms with Crippen molar-refractivity contribution in [1.82, 2.24) is 0 Å². The zero-order valence-corrected chi connectivity index (χ0v) is 8.50. The van der Waals surface area contributed by atoms with Crippen molar-refractivity contribution in [3.8, 4) is 0 Å². The van der Waals surface area contributed by atoms with E-state index < -0.39 is 46.4 Å². The average Bonchev–Trinajstić information content (AvgIpc) is 2.21. The third kappa shape index (κ3) is 1.71. The average molecular weight is 250 g/mol. The third-order valence-corrected chi connectivity index (χ3v) is 2.93. The Morgan fingerprint density at radius 2 is 1.24 bits per heavy atom. The molecule has 0 aromatic heterocycles. The molecule has 2 rings (SSSR count). The summed E-state index contributed by atoms with van der Waals surface area (Å²) >= 11 is 0. The zero-order valence-electron chi connectivity index (χ0n) is 8.50. The number of hydrogen-bond donors (Lipinski definition) is 0. The maximum absolute atomic E-state index is 13.2. The van der Waals surface area contributed by atoms with Crippen LogP contribution in [-0.2, 0) is 0 Å². The van der Waals surface area contributed by atoms with Gasteiger partial charge in [0, 0.05) is 5.92 Å². The molecule has 1 aromatic rings. The van der Waals surface area contributed by atoms with Gasteiger partial charge in [-0.05, 0) is 12.8 Å². The van der Waals surface area contributed by atoms with Gasteiger partial charge in [-0.3, -0.25) is 4.79 Å². The molecule has 17 heavy (non-hydrogen) atoms. The zero-order chi connectivity index (χ0) is 12.7. The number of carbonyl (C=O) groups is 1. The molecule has 6 heteroatoms. The van der Waals surface area contributed by atoms with Crippen LogP contribution >= 0.6 is 0 Å². The molecule has 0 bridgehead atoms. The maximum Gasteiger partial charge on any atom is 0.200 e. The Hall–Kier alpha value is -1.46. The lowest BCUT2D eigenvalue weighted by Gasteiger charge is -2.24. The van der Waals surface area contributed by atoms with Crippen LogP contribution in [0.2, 0.25) is 0 Å². The second-order valence-corrected chi connectivity index (χ2v) is 3.94. The summed E-state index contributed by atoms with van der Waals surface area (Å²) in [5.74, 6) is -12.1. The fourth-order valence-corrected chi connectivity index (χ4v) is 1.70. The van der Waals surface area contributed by atoms with Gasteiger partial charge in [0.1, 0.15) is 0 Å². The van der Waals surface area contributed by atoms with E-state index >= 15 is 0 Å². The second kappa shape index (κ2) is 4.09. The normalized spacial score (nSPS) is 15.8. The highest BCUT2D eigenvalue weighted by atomic mass is 19.2. The lowest BCUT2D eigenvalue weighted by Crippen LogP contribution is -2.25. The quantitative estimate of drug-likeness (QED) is 0.340. The van der Waals surface area contributed by atoms with Gasteiger partial charge in [0.2, 0.25) is 5.82 Å². The molecule has 0 aliphatic heterocycles. The molecule has 0 N–H and O–H groups in total.